The van der Waals surface area contributed by atoms with Gasteiger partial charge in [0.2, 0.25) is 0 Å². The van der Waals surface area contributed by atoms with Gasteiger partial charge in [0.25, 0.3) is 5.91 Å². The van der Waals surface area contributed by atoms with E-state index in [0.717, 1.165) is 24.2 Å². The standard InChI is InChI=1S/C23H28N2O2/c1-17(2)14-25(15-18(3)4)23(26)16-27-22-11-9-21(10-12-22)20-7-5-19(13-24)6-8-20/h5-12,17-18H,14-16H2,1-4H3. The maximum absolute atomic E-state index is 12.5. The number of amides is 1. The second-order valence-corrected chi connectivity index (χ2v) is 7.59. The third-order valence-electron chi connectivity index (χ3n) is 4.09. The summed E-state index contributed by atoms with van der Waals surface area (Å²) in [5, 5.41) is 8.88. The zero-order valence-corrected chi connectivity index (χ0v) is 16.6. The Morgan fingerprint density at radius 1 is 0.926 bits per heavy atom. The minimum atomic E-state index is 0.0218. The molecule has 0 aliphatic rings. The van der Waals surface area contributed by atoms with Crippen molar-refractivity contribution in [3.05, 3.63) is 54.1 Å². The number of carbonyl (C=O) groups is 1. The molecular formula is C23H28N2O2. The van der Waals surface area contributed by atoms with E-state index in [0.29, 0.717) is 23.1 Å². The van der Waals surface area contributed by atoms with Crippen LogP contribution in [0.4, 0.5) is 0 Å². The van der Waals surface area contributed by atoms with Crippen LogP contribution in [0.2, 0.25) is 0 Å². The fourth-order valence-electron chi connectivity index (χ4n) is 2.88. The fraction of sp³-hybridized carbons (Fsp3) is 0.391. The summed E-state index contributed by atoms with van der Waals surface area (Å²) in [5.41, 5.74) is 2.72. The highest BCUT2D eigenvalue weighted by molar-refractivity contribution is 5.77. The van der Waals surface area contributed by atoms with Crippen LogP contribution in [0.3, 0.4) is 0 Å². The first-order valence-electron chi connectivity index (χ1n) is 9.40. The Bertz CT molecular complexity index is 762. The summed E-state index contributed by atoms with van der Waals surface area (Å²) >= 11 is 0. The molecule has 0 atom stereocenters. The van der Waals surface area contributed by atoms with Crippen LogP contribution in [0.1, 0.15) is 33.3 Å². The van der Waals surface area contributed by atoms with Crippen molar-refractivity contribution in [3.8, 4) is 22.9 Å². The van der Waals surface area contributed by atoms with Crippen LogP contribution in [0, 0.1) is 23.2 Å². The van der Waals surface area contributed by atoms with Crippen LogP contribution in [0.5, 0.6) is 5.75 Å². The average molecular weight is 364 g/mol. The van der Waals surface area contributed by atoms with Gasteiger partial charge in [-0.15, -0.1) is 0 Å². The van der Waals surface area contributed by atoms with E-state index in [1.807, 2.05) is 41.3 Å². The lowest BCUT2D eigenvalue weighted by Crippen LogP contribution is -2.39. The Hall–Kier alpha value is -2.80. The number of benzene rings is 2. The van der Waals surface area contributed by atoms with Gasteiger partial charge in [-0.1, -0.05) is 52.0 Å². The van der Waals surface area contributed by atoms with E-state index in [2.05, 4.69) is 33.8 Å². The number of rotatable bonds is 8. The van der Waals surface area contributed by atoms with Crippen LogP contribution < -0.4 is 4.74 Å². The molecule has 0 heterocycles. The molecule has 2 rings (SSSR count). The number of hydrogen-bond acceptors (Lipinski definition) is 3. The molecule has 27 heavy (non-hydrogen) atoms. The van der Waals surface area contributed by atoms with Gasteiger partial charge < -0.3 is 9.64 Å². The monoisotopic (exact) mass is 364 g/mol. The molecule has 1 amide bonds. The maximum Gasteiger partial charge on any atom is 0.260 e. The molecule has 0 radical (unpaired) electrons. The van der Waals surface area contributed by atoms with Gasteiger partial charge in [-0.2, -0.15) is 5.26 Å². The molecule has 0 aromatic heterocycles. The summed E-state index contributed by atoms with van der Waals surface area (Å²) in [6.07, 6.45) is 0. The molecular weight excluding hydrogens is 336 g/mol. The van der Waals surface area contributed by atoms with E-state index in [9.17, 15) is 4.79 Å². The van der Waals surface area contributed by atoms with Gasteiger partial charge in [-0.25, -0.2) is 0 Å². The van der Waals surface area contributed by atoms with Crippen molar-refractivity contribution in [3.63, 3.8) is 0 Å². The van der Waals surface area contributed by atoms with Gasteiger partial charge in [0, 0.05) is 13.1 Å². The lowest BCUT2D eigenvalue weighted by Gasteiger charge is -2.26. The minimum absolute atomic E-state index is 0.0218. The Labute approximate surface area is 162 Å². The van der Waals surface area contributed by atoms with Crippen molar-refractivity contribution < 1.29 is 9.53 Å². The van der Waals surface area contributed by atoms with E-state index in [4.69, 9.17) is 10.00 Å². The lowest BCUT2D eigenvalue weighted by molar-refractivity contribution is -0.134. The van der Waals surface area contributed by atoms with E-state index in [1.165, 1.54) is 0 Å². The van der Waals surface area contributed by atoms with Gasteiger partial charge in [-0.3, -0.25) is 4.79 Å². The Kier molecular flexibility index (Phi) is 7.43. The smallest absolute Gasteiger partial charge is 0.260 e. The van der Waals surface area contributed by atoms with E-state index < -0.39 is 0 Å². The summed E-state index contributed by atoms with van der Waals surface area (Å²) in [5.74, 6) is 1.56. The third-order valence-corrected chi connectivity index (χ3v) is 4.09. The van der Waals surface area contributed by atoms with Crippen molar-refractivity contribution in [1.29, 1.82) is 5.26 Å². The van der Waals surface area contributed by atoms with Crippen LogP contribution in [-0.2, 0) is 4.79 Å². The molecule has 0 saturated carbocycles. The van der Waals surface area contributed by atoms with Crippen molar-refractivity contribution in [2.45, 2.75) is 27.7 Å². The summed E-state index contributed by atoms with van der Waals surface area (Å²) < 4.78 is 5.71. The Balaban J connectivity index is 1.96. The summed E-state index contributed by atoms with van der Waals surface area (Å²) in [6.45, 7) is 10.0. The number of nitrogens with zero attached hydrogens (tertiary/aromatic N) is 2. The van der Waals surface area contributed by atoms with Gasteiger partial charge in [0.05, 0.1) is 11.6 Å². The molecule has 0 fully saturated rings. The minimum Gasteiger partial charge on any atom is -0.484 e. The molecule has 0 N–H and O–H groups in total. The van der Waals surface area contributed by atoms with E-state index in [-0.39, 0.29) is 12.5 Å². The Morgan fingerprint density at radius 2 is 1.41 bits per heavy atom. The molecule has 0 aliphatic heterocycles. The molecule has 2 aromatic carbocycles. The maximum atomic E-state index is 12.5. The lowest BCUT2D eigenvalue weighted by atomic mass is 10.0. The van der Waals surface area contributed by atoms with Crippen LogP contribution in [0.15, 0.2) is 48.5 Å². The predicted molar refractivity (Wildman–Crippen MR) is 108 cm³/mol. The van der Waals surface area contributed by atoms with E-state index >= 15 is 0 Å². The zero-order valence-electron chi connectivity index (χ0n) is 16.6. The first kappa shape index (κ1) is 20.5. The Morgan fingerprint density at radius 3 is 1.85 bits per heavy atom. The molecule has 0 unspecified atom stereocenters. The molecule has 4 heteroatoms. The van der Waals surface area contributed by atoms with Crippen molar-refractivity contribution in [2.24, 2.45) is 11.8 Å². The van der Waals surface area contributed by atoms with Gasteiger partial charge in [0.15, 0.2) is 6.61 Å². The van der Waals surface area contributed by atoms with Crippen LogP contribution in [-0.4, -0.2) is 30.5 Å². The molecule has 0 bridgehead atoms. The first-order valence-corrected chi connectivity index (χ1v) is 9.40. The van der Waals surface area contributed by atoms with Gasteiger partial charge >= 0.3 is 0 Å². The highest BCUT2D eigenvalue weighted by Crippen LogP contribution is 2.23. The van der Waals surface area contributed by atoms with Gasteiger partial charge in [0.1, 0.15) is 5.75 Å². The van der Waals surface area contributed by atoms with Crippen LogP contribution >= 0.6 is 0 Å². The van der Waals surface area contributed by atoms with Crippen molar-refractivity contribution >= 4 is 5.91 Å². The normalized spacial score (nSPS) is 10.7. The predicted octanol–water partition coefficient (Wildman–Crippen LogP) is 4.74. The third kappa shape index (κ3) is 6.45. The quantitative estimate of drug-likeness (QED) is 0.679. The number of hydrogen-bond donors (Lipinski definition) is 0. The molecule has 0 aliphatic carbocycles. The van der Waals surface area contributed by atoms with Gasteiger partial charge in [-0.05, 0) is 47.2 Å². The SMILES string of the molecule is CC(C)CN(CC(C)C)C(=O)COc1ccc(-c2ccc(C#N)cc2)cc1. The molecule has 0 spiro atoms. The fourth-order valence-corrected chi connectivity index (χ4v) is 2.88. The number of nitriles is 1. The van der Waals surface area contributed by atoms with Crippen molar-refractivity contribution in [2.75, 3.05) is 19.7 Å². The largest absolute Gasteiger partial charge is 0.484 e. The zero-order chi connectivity index (χ0) is 19.8. The topological polar surface area (TPSA) is 53.3 Å². The molecule has 142 valence electrons. The molecule has 4 nitrogen and oxygen atoms in total. The second kappa shape index (κ2) is 9.78. The summed E-state index contributed by atoms with van der Waals surface area (Å²) in [7, 11) is 0. The number of ether oxygens (including phenoxy) is 1. The highest BCUT2D eigenvalue weighted by Gasteiger charge is 2.16. The van der Waals surface area contributed by atoms with Crippen LogP contribution in [0.25, 0.3) is 11.1 Å². The second-order valence-electron chi connectivity index (χ2n) is 7.59. The molecule has 2 aromatic rings. The number of carbonyl (C=O) groups excluding carboxylic acids is 1. The summed E-state index contributed by atoms with van der Waals surface area (Å²) in [6, 6.07) is 17.2. The highest BCUT2D eigenvalue weighted by atomic mass is 16.5. The van der Waals surface area contributed by atoms with E-state index in [1.54, 1.807) is 12.1 Å². The average Bonchev–Trinajstić information content (AvgIpc) is 2.65. The first-order chi connectivity index (χ1) is 12.9. The molecule has 0 saturated heterocycles. The van der Waals surface area contributed by atoms with Crippen molar-refractivity contribution in [1.82, 2.24) is 4.90 Å². The summed E-state index contributed by atoms with van der Waals surface area (Å²) in [4.78, 5) is 14.4.